The fourth-order valence-corrected chi connectivity index (χ4v) is 3.85. The lowest BCUT2D eigenvalue weighted by atomic mass is 10.0. The van der Waals surface area contributed by atoms with Crippen LogP contribution in [0.2, 0.25) is 0 Å². The van der Waals surface area contributed by atoms with Crippen LogP contribution in [0.5, 0.6) is 0 Å². The van der Waals surface area contributed by atoms with Crippen molar-refractivity contribution in [3.63, 3.8) is 0 Å². The number of likely N-dealkylation sites (tertiary alicyclic amines) is 1. The topological polar surface area (TPSA) is 99.8 Å². The minimum Gasteiger partial charge on any atom is -0.394 e. The van der Waals surface area contributed by atoms with Crippen LogP contribution in [0.1, 0.15) is 31.2 Å². The van der Waals surface area contributed by atoms with Crippen molar-refractivity contribution in [2.24, 2.45) is 4.99 Å². The maximum Gasteiger partial charge on any atom is 0.191 e. The van der Waals surface area contributed by atoms with Gasteiger partial charge in [-0.1, -0.05) is 37.3 Å². The Morgan fingerprint density at radius 2 is 2.00 bits per heavy atom. The Morgan fingerprint density at radius 3 is 2.73 bits per heavy atom. The maximum absolute atomic E-state index is 8.85. The van der Waals surface area contributed by atoms with E-state index in [0.717, 1.165) is 63.8 Å². The molecule has 1 aromatic carbocycles. The lowest BCUT2D eigenvalue weighted by Gasteiger charge is -2.33. The van der Waals surface area contributed by atoms with Crippen LogP contribution in [0.25, 0.3) is 0 Å². The molecule has 0 amide bonds. The molecule has 0 aliphatic carbocycles. The molecule has 1 aromatic heterocycles. The summed E-state index contributed by atoms with van der Waals surface area (Å²) in [5, 5.41) is 24.0. The van der Waals surface area contributed by atoms with Crippen molar-refractivity contribution >= 4 is 29.9 Å². The van der Waals surface area contributed by atoms with Crippen molar-refractivity contribution in [3.05, 3.63) is 48.0 Å². The second-order valence-electron chi connectivity index (χ2n) is 7.97. The molecular formula is C23H38IN7O2. The number of aromatic nitrogens is 3. The highest BCUT2D eigenvalue weighted by atomic mass is 127. The smallest absolute Gasteiger partial charge is 0.191 e. The minimum atomic E-state index is 0. The summed E-state index contributed by atoms with van der Waals surface area (Å²) < 4.78 is 7.41. The van der Waals surface area contributed by atoms with E-state index in [1.165, 1.54) is 5.56 Å². The average Bonchev–Trinajstić information content (AvgIpc) is 3.28. The maximum atomic E-state index is 8.85. The van der Waals surface area contributed by atoms with Crippen molar-refractivity contribution in [2.75, 3.05) is 46.0 Å². The average molecular weight is 572 g/mol. The van der Waals surface area contributed by atoms with Crippen molar-refractivity contribution < 1.29 is 9.84 Å². The number of aliphatic hydroxyl groups excluding tert-OH is 1. The predicted molar refractivity (Wildman–Crippen MR) is 141 cm³/mol. The van der Waals surface area contributed by atoms with Gasteiger partial charge in [0.25, 0.3) is 0 Å². The summed E-state index contributed by atoms with van der Waals surface area (Å²) in [4.78, 5) is 7.18. The molecule has 3 N–H and O–H groups in total. The number of nitrogens with one attached hydrogen (secondary N) is 2. The molecule has 1 fully saturated rings. The van der Waals surface area contributed by atoms with E-state index in [4.69, 9.17) is 9.84 Å². The molecule has 1 aliphatic heterocycles. The molecule has 10 heteroatoms. The molecule has 1 saturated heterocycles. The van der Waals surface area contributed by atoms with E-state index in [-0.39, 0.29) is 30.6 Å². The van der Waals surface area contributed by atoms with Crippen LogP contribution in [-0.2, 0) is 24.2 Å². The molecule has 0 saturated carbocycles. The molecule has 33 heavy (non-hydrogen) atoms. The number of hydrogen-bond donors (Lipinski definition) is 3. The lowest BCUT2D eigenvalue weighted by molar-refractivity contribution is 0.0977. The number of aryl methyl sites for hydroxylation is 1. The highest BCUT2D eigenvalue weighted by Crippen LogP contribution is 2.13. The fraction of sp³-hybridized carbons (Fsp3) is 0.609. The standard InChI is InChI=1S/C23H37N7O2.HI/c1-2-22-28-26-19-30(22)14-10-24-23(25-11-16-32-17-15-31)27-21-8-12-29(13-9-21)18-20-6-4-3-5-7-20;/h3-7,19,21,31H,2,8-18H2,1H3,(H2,24,25,27);1H. The quantitative estimate of drug-likeness (QED) is 0.154. The highest BCUT2D eigenvalue weighted by molar-refractivity contribution is 14.0. The van der Waals surface area contributed by atoms with Crippen molar-refractivity contribution in [1.82, 2.24) is 30.3 Å². The SMILES string of the molecule is CCc1nncn1CCNC(=NCCOCCO)NC1CCN(Cc2ccccc2)CC1.I. The lowest BCUT2D eigenvalue weighted by Crippen LogP contribution is -2.49. The third-order valence-corrected chi connectivity index (χ3v) is 5.58. The first-order chi connectivity index (χ1) is 15.8. The molecule has 0 unspecified atom stereocenters. The van der Waals surface area contributed by atoms with Crippen LogP contribution in [0.3, 0.4) is 0 Å². The molecule has 0 atom stereocenters. The van der Waals surface area contributed by atoms with Gasteiger partial charge in [-0.15, -0.1) is 34.2 Å². The first-order valence-electron chi connectivity index (χ1n) is 11.6. The van der Waals surface area contributed by atoms with Gasteiger partial charge in [0.2, 0.25) is 0 Å². The van der Waals surface area contributed by atoms with Gasteiger partial charge in [0.15, 0.2) is 5.96 Å². The van der Waals surface area contributed by atoms with Crippen molar-refractivity contribution in [3.8, 4) is 0 Å². The van der Waals surface area contributed by atoms with Gasteiger partial charge >= 0.3 is 0 Å². The number of ether oxygens (including phenoxy) is 1. The van der Waals surface area contributed by atoms with Crippen LogP contribution in [0.15, 0.2) is 41.7 Å². The van der Waals surface area contributed by atoms with Gasteiger partial charge in [-0.05, 0) is 18.4 Å². The Morgan fingerprint density at radius 1 is 1.21 bits per heavy atom. The van der Waals surface area contributed by atoms with E-state index < -0.39 is 0 Å². The van der Waals surface area contributed by atoms with Crippen molar-refractivity contribution in [2.45, 2.75) is 45.3 Å². The van der Waals surface area contributed by atoms with Gasteiger partial charge in [-0.2, -0.15) is 0 Å². The van der Waals surface area contributed by atoms with Crippen LogP contribution in [0, 0.1) is 0 Å². The van der Waals surface area contributed by atoms with E-state index in [2.05, 4.69) is 72.5 Å². The van der Waals surface area contributed by atoms with Crippen LogP contribution in [-0.4, -0.2) is 82.8 Å². The third kappa shape index (κ3) is 9.95. The highest BCUT2D eigenvalue weighted by Gasteiger charge is 2.20. The Balaban J connectivity index is 0.00000385. The number of aliphatic hydroxyl groups is 1. The van der Waals surface area contributed by atoms with Gasteiger partial charge in [0, 0.05) is 45.2 Å². The van der Waals surface area contributed by atoms with Gasteiger partial charge in [0.05, 0.1) is 26.4 Å². The van der Waals surface area contributed by atoms with E-state index in [9.17, 15) is 0 Å². The number of nitrogens with zero attached hydrogens (tertiary/aromatic N) is 5. The molecular weight excluding hydrogens is 533 g/mol. The Kier molecular flexibility index (Phi) is 13.3. The number of rotatable bonds is 12. The second-order valence-corrected chi connectivity index (χ2v) is 7.97. The summed E-state index contributed by atoms with van der Waals surface area (Å²) in [6.07, 6.45) is 4.80. The molecule has 0 radical (unpaired) electrons. The monoisotopic (exact) mass is 571 g/mol. The number of guanidine groups is 1. The number of piperidine rings is 1. The van der Waals surface area contributed by atoms with Crippen LogP contribution in [0.4, 0.5) is 0 Å². The molecule has 0 spiro atoms. The summed E-state index contributed by atoms with van der Waals surface area (Å²) in [6.45, 7) is 8.18. The Bertz CT molecular complexity index is 795. The largest absolute Gasteiger partial charge is 0.394 e. The van der Waals surface area contributed by atoms with Gasteiger partial charge in [-0.25, -0.2) is 0 Å². The Labute approximate surface area is 214 Å². The first kappa shape index (κ1) is 27.5. The zero-order chi connectivity index (χ0) is 22.4. The van der Waals surface area contributed by atoms with E-state index in [1.807, 2.05) is 0 Å². The molecule has 0 bridgehead atoms. The molecule has 3 rings (SSSR count). The Hall–Kier alpha value is -1.76. The van der Waals surface area contributed by atoms with Crippen LogP contribution >= 0.6 is 24.0 Å². The summed E-state index contributed by atoms with van der Waals surface area (Å²) in [6, 6.07) is 11.1. The molecule has 1 aliphatic rings. The minimum absolute atomic E-state index is 0. The van der Waals surface area contributed by atoms with Gasteiger partial charge < -0.3 is 25.0 Å². The van der Waals surface area contributed by atoms with Gasteiger partial charge in [0.1, 0.15) is 12.2 Å². The molecule has 9 nitrogen and oxygen atoms in total. The molecule has 184 valence electrons. The summed E-state index contributed by atoms with van der Waals surface area (Å²) in [5.74, 6) is 1.80. The summed E-state index contributed by atoms with van der Waals surface area (Å²) >= 11 is 0. The number of hydrogen-bond acceptors (Lipinski definition) is 6. The van der Waals surface area contributed by atoms with Crippen LogP contribution < -0.4 is 10.6 Å². The molecule has 2 aromatic rings. The van der Waals surface area contributed by atoms with Gasteiger partial charge in [-0.3, -0.25) is 9.89 Å². The van der Waals surface area contributed by atoms with E-state index >= 15 is 0 Å². The molecule has 2 heterocycles. The predicted octanol–water partition coefficient (Wildman–Crippen LogP) is 1.67. The second kappa shape index (κ2) is 16.0. The summed E-state index contributed by atoms with van der Waals surface area (Å²) in [7, 11) is 0. The number of benzene rings is 1. The van der Waals surface area contributed by atoms with Crippen molar-refractivity contribution in [1.29, 1.82) is 0 Å². The van der Waals surface area contributed by atoms with E-state index in [0.29, 0.717) is 25.8 Å². The number of aliphatic imine (C=N–C) groups is 1. The zero-order valence-electron chi connectivity index (χ0n) is 19.5. The zero-order valence-corrected chi connectivity index (χ0v) is 21.9. The normalized spacial score (nSPS) is 15.3. The summed E-state index contributed by atoms with van der Waals surface area (Å²) in [5.41, 5.74) is 1.37. The van der Waals surface area contributed by atoms with E-state index in [1.54, 1.807) is 6.33 Å². The first-order valence-corrected chi connectivity index (χ1v) is 11.6. The third-order valence-electron chi connectivity index (χ3n) is 5.58. The fourth-order valence-electron chi connectivity index (χ4n) is 3.85. The number of halogens is 1.